The number of nitrogens with one attached hydrogen (secondary N) is 1. The van der Waals surface area contributed by atoms with Gasteiger partial charge in [0, 0.05) is 23.4 Å². The topological polar surface area (TPSA) is 255 Å². The van der Waals surface area contributed by atoms with Crippen LogP contribution < -0.4 is 26.2 Å². The number of nitrogens with two attached hydrogens (primary N) is 2. The average Bonchev–Trinajstić information content (AvgIpc) is 3.59. The van der Waals surface area contributed by atoms with Crippen molar-refractivity contribution in [3.63, 3.8) is 0 Å². The van der Waals surface area contributed by atoms with E-state index in [0.29, 0.717) is 17.4 Å². The number of carboxylic acids is 1. The van der Waals surface area contributed by atoms with E-state index >= 15 is 0 Å². The maximum atomic E-state index is 13.2. The lowest BCUT2D eigenvalue weighted by molar-refractivity contribution is -0.772. The number of carboxylic acid groups (broad SMARTS) is 1. The zero-order chi connectivity index (χ0) is 33.8. The second-order valence-electron chi connectivity index (χ2n) is 10.5. The lowest BCUT2D eigenvalue weighted by atomic mass is 9.84. The van der Waals surface area contributed by atoms with Gasteiger partial charge in [-0.1, -0.05) is 5.16 Å². The Bertz CT molecular complexity index is 1740. The number of β-lactam (4-membered cyclic amide) rings is 1. The third-order valence-corrected chi connectivity index (χ3v) is 7.94. The molecule has 1 aliphatic rings. The van der Waals surface area contributed by atoms with Gasteiger partial charge in [-0.25, -0.2) is 9.78 Å². The number of hydroxylamine groups is 2. The van der Waals surface area contributed by atoms with Gasteiger partial charge in [0.2, 0.25) is 0 Å². The fourth-order valence-electron chi connectivity index (χ4n) is 4.44. The Kier molecular flexibility index (Phi) is 10.3. The van der Waals surface area contributed by atoms with Crippen molar-refractivity contribution in [1.29, 1.82) is 0 Å². The number of hydrogen-bond acceptors (Lipinski definition) is 13. The van der Waals surface area contributed by atoms with Crippen molar-refractivity contribution in [1.82, 2.24) is 20.0 Å². The zero-order valence-corrected chi connectivity index (χ0v) is 26.5. The third-order valence-electron chi connectivity index (χ3n) is 6.93. The van der Waals surface area contributed by atoms with Gasteiger partial charge >= 0.3 is 16.4 Å². The van der Waals surface area contributed by atoms with Crippen molar-refractivity contribution in [3.8, 4) is 17.0 Å². The van der Waals surface area contributed by atoms with E-state index in [1.165, 1.54) is 19.2 Å². The van der Waals surface area contributed by atoms with E-state index in [1.54, 1.807) is 12.1 Å². The molecule has 3 heterocycles. The fourth-order valence-corrected chi connectivity index (χ4v) is 5.44. The third kappa shape index (κ3) is 7.77. The molecule has 248 valence electrons. The minimum atomic E-state index is -5.01. The van der Waals surface area contributed by atoms with E-state index in [2.05, 4.69) is 19.7 Å². The molecule has 2 atom stereocenters. The van der Waals surface area contributed by atoms with Crippen molar-refractivity contribution >= 4 is 50.4 Å². The van der Waals surface area contributed by atoms with Crippen molar-refractivity contribution in [2.24, 2.45) is 17.9 Å². The van der Waals surface area contributed by atoms with Crippen LogP contribution in [0, 0.1) is 0 Å². The summed E-state index contributed by atoms with van der Waals surface area (Å²) in [6, 6.07) is 7.60. The summed E-state index contributed by atoms with van der Waals surface area (Å²) in [5, 5.41) is 17.6. The number of amides is 2. The summed E-state index contributed by atoms with van der Waals surface area (Å²) in [6.07, 6.45) is 1.12. The first-order chi connectivity index (χ1) is 21.6. The number of aliphatic carboxylic acids is 1. The molecule has 1 aliphatic heterocycles. The van der Waals surface area contributed by atoms with Crippen LogP contribution in [0.5, 0.6) is 5.75 Å². The number of carbonyl (C=O) groups excluding carboxylic acids is 2. The van der Waals surface area contributed by atoms with Crippen LogP contribution in [0.2, 0.25) is 0 Å². The van der Waals surface area contributed by atoms with Gasteiger partial charge in [0.1, 0.15) is 29.8 Å². The molecular weight excluding hydrogens is 648 g/mol. The smallest absolute Gasteiger partial charge is 0.418 e. The highest BCUT2D eigenvalue weighted by atomic mass is 32.3. The van der Waals surface area contributed by atoms with Gasteiger partial charge in [0.15, 0.2) is 23.6 Å². The molecule has 20 heteroatoms. The Morgan fingerprint density at radius 2 is 1.96 bits per heavy atom. The first kappa shape index (κ1) is 34.2. The van der Waals surface area contributed by atoms with Crippen molar-refractivity contribution in [3.05, 3.63) is 47.6 Å². The number of nitrogens with zero attached hydrogens (tertiary/aromatic N) is 5. The molecule has 7 N–H and O–H groups in total. The van der Waals surface area contributed by atoms with E-state index < -0.39 is 58.2 Å². The highest BCUT2D eigenvalue weighted by Crippen LogP contribution is 2.33. The molecule has 1 aromatic carbocycles. The summed E-state index contributed by atoms with van der Waals surface area (Å²) in [6.45, 7) is 3.58. The number of hydrogen-bond donors (Lipinski definition) is 5. The van der Waals surface area contributed by atoms with Crippen LogP contribution in [0.25, 0.3) is 11.3 Å². The van der Waals surface area contributed by atoms with Gasteiger partial charge in [-0.3, -0.25) is 14.1 Å². The number of aromatic nitrogens is 3. The summed E-state index contributed by atoms with van der Waals surface area (Å²) >= 11 is 0.961. The van der Waals surface area contributed by atoms with Crippen LogP contribution in [0.15, 0.2) is 47.1 Å². The van der Waals surface area contributed by atoms with E-state index in [-0.39, 0.29) is 10.8 Å². The number of aryl methyl sites for hydroxylation is 1. The second-order valence-corrected chi connectivity index (χ2v) is 12.4. The molecule has 0 radical (unpaired) electrons. The molecule has 1 fully saturated rings. The Labute approximate surface area is 267 Å². The van der Waals surface area contributed by atoms with Crippen molar-refractivity contribution < 1.29 is 51.0 Å². The normalized spacial score (nSPS) is 16.9. The van der Waals surface area contributed by atoms with Gasteiger partial charge in [-0.2, -0.15) is 18.2 Å². The van der Waals surface area contributed by atoms with E-state index in [0.717, 1.165) is 35.6 Å². The number of oxime groups is 1. The zero-order valence-electron chi connectivity index (χ0n) is 24.9. The number of carbonyl (C=O) groups is 3. The molecule has 0 saturated carbocycles. The maximum absolute atomic E-state index is 13.2. The van der Waals surface area contributed by atoms with Gasteiger partial charge in [-0.15, -0.1) is 20.3 Å². The number of nitrogen functional groups attached to an aromatic ring is 1. The molecule has 1 unspecified atom stereocenters. The molecule has 0 bridgehead atoms. The Morgan fingerprint density at radius 1 is 1.26 bits per heavy atom. The van der Waals surface area contributed by atoms with Gasteiger partial charge in [-0.05, 0) is 44.7 Å². The highest BCUT2D eigenvalue weighted by molar-refractivity contribution is 7.80. The summed E-state index contributed by atoms with van der Waals surface area (Å²) in [5.74, 6) is -3.11. The van der Waals surface area contributed by atoms with Gasteiger partial charge in [0.25, 0.3) is 17.9 Å². The molecule has 1 saturated heterocycles. The molecule has 0 aliphatic carbocycles. The summed E-state index contributed by atoms with van der Waals surface area (Å²) in [7, 11) is -3.09. The molecular formula is C26H33N8O10S2+. The highest BCUT2D eigenvalue weighted by Gasteiger charge is 2.58. The van der Waals surface area contributed by atoms with Gasteiger partial charge in [0.05, 0.1) is 12.6 Å². The van der Waals surface area contributed by atoms with Crippen molar-refractivity contribution in [2.75, 3.05) is 18.9 Å². The fraction of sp³-hybridized carbons (Fsp3) is 0.385. The maximum Gasteiger partial charge on any atom is 0.418 e. The summed E-state index contributed by atoms with van der Waals surface area (Å²) < 4.78 is 45.0. The number of anilines is 1. The first-order valence-corrected chi connectivity index (χ1v) is 15.9. The first-order valence-electron chi connectivity index (χ1n) is 13.6. The number of benzene rings is 1. The Balaban J connectivity index is 1.45. The molecule has 4 rings (SSSR count). The lowest BCUT2D eigenvalue weighted by Crippen LogP contribution is -2.76. The van der Waals surface area contributed by atoms with Crippen molar-refractivity contribution in [2.45, 2.75) is 44.5 Å². The van der Waals surface area contributed by atoms with Gasteiger partial charge < -0.3 is 31.5 Å². The molecule has 2 aromatic heterocycles. The summed E-state index contributed by atoms with van der Waals surface area (Å²) in [5.41, 5.74) is 11.1. The second kappa shape index (κ2) is 13.8. The predicted molar refractivity (Wildman–Crippen MR) is 161 cm³/mol. The average molecular weight is 682 g/mol. The minimum absolute atomic E-state index is 0.0607. The van der Waals surface area contributed by atoms with E-state index in [1.807, 2.05) is 40.8 Å². The number of ether oxygens (including phenoxy) is 1. The molecule has 3 aromatic rings. The number of thiazole rings is 1. The van der Waals surface area contributed by atoms with E-state index in [4.69, 9.17) is 25.6 Å². The standard InChI is InChI=1S/C26H32N8O10S2/c1-26(2)21(23(36)34(26)44-46(39,40)41)30-22(35)20(17-14-45-25(28)29-17)31-43-19(24(37)38)13-42-16-7-5-15(6-8-16)18-9-12-33(32(18)3)11-4-10-27/h5-9,12,14,19,21H,4,10-11,13,27H2,1-3H3,(H4-,28,29,30,35,37,38,39,40,41)/p+1/b31-20-/t19?,21-/m1/s1. The minimum Gasteiger partial charge on any atom is -0.489 e. The van der Waals surface area contributed by atoms with E-state index in [9.17, 15) is 27.9 Å². The molecule has 18 nitrogen and oxygen atoms in total. The van der Waals surface area contributed by atoms with Crippen LogP contribution in [0.4, 0.5) is 5.13 Å². The van der Waals surface area contributed by atoms with Crippen LogP contribution in [0.1, 0.15) is 26.0 Å². The predicted octanol–water partition coefficient (Wildman–Crippen LogP) is -0.540. The largest absolute Gasteiger partial charge is 0.489 e. The Morgan fingerprint density at radius 3 is 2.52 bits per heavy atom. The molecule has 46 heavy (non-hydrogen) atoms. The SMILES string of the molecule is Cn1c(-c2ccc(OCC(O/N=C(\C(=O)N[C@@H]3C(=O)N(OS(=O)(=O)O)C3(C)C)c3csc(N)n3)C(=O)O)cc2)cc[n+]1CCCN. The lowest BCUT2D eigenvalue weighted by Gasteiger charge is -2.50. The Hall–Kier alpha value is -4.63. The monoisotopic (exact) mass is 681 g/mol. The molecule has 2 amide bonds. The number of rotatable bonds is 15. The summed E-state index contributed by atoms with van der Waals surface area (Å²) in [4.78, 5) is 46.8. The van der Waals surface area contributed by atoms with Crippen LogP contribution >= 0.6 is 11.3 Å². The van der Waals surface area contributed by atoms with Crippen LogP contribution in [-0.2, 0) is 47.5 Å². The van der Waals surface area contributed by atoms with Crippen LogP contribution in [0.3, 0.4) is 0 Å². The van der Waals surface area contributed by atoms with Crippen LogP contribution in [-0.4, -0.2) is 87.1 Å². The molecule has 0 spiro atoms. The quantitative estimate of drug-likeness (QED) is 0.0445.